The van der Waals surface area contributed by atoms with Crippen LogP contribution in [-0.4, -0.2) is 41.8 Å². The third-order valence-electron chi connectivity index (χ3n) is 5.56. The van der Waals surface area contributed by atoms with Gasteiger partial charge in [0.05, 0.1) is 24.2 Å². The molecule has 7 nitrogen and oxygen atoms in total. The Balaban J connectivity index is 1.94. The molecule has 1 aliphatic rings. The highest BCUT2D eigenvalue weighted by atomic mass is 16.5. The molecule has 1 unspecified atom stereocenters. The number of phenolic OH excluding ortho intramolecular Hbond substituents is 2. The smallest absolute Gasteiger partial charge is 0.306 e. The lowest BCUT2D eigenvalue weighted by Gasteiger charge is -2.34. The van der Waals surface area contributed by atoms with Crippen LogP contribution in [0.1, 0.15) is 56.0 Å². The molecule has 0 fully saturated rings. The molecule has 0 spiro atoms. The fourth-order valence-electron chi connectivity index (χ4n) is 3.95. The summed E-state index contributed by atoms with van der Waals surface area (Å²) >= 11 is 0. The molecule has 162 valence electrons. The van der Waals surface area contributed by atoms with Crippen molar-refractivity contribution in [2.45, 2.75) is 53.1 Å². The van der Waals surface area contributed by atoms with Gasteiger partial charge in [0.1, 0.15) is 12.4 Å². The average molecular weight is 416 g/mol. The number of hydrogen-bond acceptors (Lipinski definition) is 7. The SMILES string of the molecule is COc1c(O)c(O)cc2c(C)c3c(cc12)C(=O)C(C)(CCCC(=O)OC(C)C)CO3. The van der Waals surface area contributed by atoms with E-state index in [-0.39, 0.29) is 48.1 Å². The Kier molecular flexibility index (Phi) is 5.83. The van der Waals surface area contributed by atoms with Gasteiger partial charge in [0, 0.05) is 11.8 Å². The van der Waals surface area contributed by atoms with Crippen molar-refractivity contribution < 1.29 is 34.0 Å². The molecule has 2 aromatic carbocycles. The van der Waals surface area contributed by atoms with Crippen LogP contribution in [0.4, 0.5) is 0 Å². The standard InChI is InChI=1S/C23H28O7/c1-12(2)30-18(25)7-6-8-23(4)11-29-20-13(3)14-10-17(24)19(26)21(28-5)15(14)9-16(20)22(23)27/h9-10,12,24,26H,6-8,11H2,1-5H3. The number of phenols is 2. The Morgan fingerprint density at radius 1 is 1.27 bits per heavy atom. The summed E-state index contributed by atoms with van der Waals surface area (Å²) in [6.45, 7) is 7.43. The highest BCUT2D eigenvalue weighted by Gasteiger charge is 2.41. The van der Waals surface area contributed by atoms with Crippen LogP contribution in [0.15, 0.2) is 12.1 Å². The number of ether oxygens (including phenoxy) is 3. The first-order valence-electron chi connectivity index (χ1n) is 10.0. The first-order valence-corrected chi connectivity index (χ1v) is 10.0. The maximum absolute atomic E-state index is 13.4. The van der Waals surface area contributed by atoms with Crippen LogP contribution in [0.3, 0.4) is 0 Å². The number of carbonyl (C=O) groups is 2. The van der Waals surface area contributed by atoms with Gasteiger partial charge in [-0.2, -0.15) is 0 Å². The Morgan fingerprint density at radius 3 is 2.60 bits per heavy atom. The van der Waals surface area contributed by atoms with Crippen molar-refractivity contribution in [2.75, 3.05) is 13.7 Å². The van der Waals surface area contributed by atoms with Crippen LogP contribution in [0, 0.1) is 12.3 Å². The summed E-state index contributed by atoms with van der Waals surface area (Å²) in [5.41, 5.74) is 0.311. The van der Waals surface area contributed by atoms with Crippen LogP contribution in [0.2, 0.25) is 0 Å². The number of esters is 1. The van der Waals surface area contributed by atoms with Crippen molar-refractivity contribution >= 4 is 22.5 Å². The fraction of sp³-hybridized carbons (Fsp3) is 0.478. The molecular weight excluding hydrogens is 388 g/mol. The molecule has 0 saturated carbocycles. The van der Waals surface area contributed by atoms with Gasteiger partial charge in [0.2, 0.25) is 5.75 Å². The van der Waals surface area contributed by atoms with E-state index < -0.39 is 5.41 Å². The molecule has 30 heavy (non-hydrogen) atoms. The molecule has 0 saturated heterocycles. The van der Waals surface area contributed by atoms with Crippen LogP contribution < -0.4 is 9.47 Å². The summed E-state index contributed by atoms with van der Waals surface area (Å²) < 4.78 is 16.4. The monoisotopic (exact) mass is 416 g/mol. The van der Waals surface area contributed by atoms with E-state index >= 15 is 0 Å². The van der Waals surface area contributed by atoms with Gasteiger partial charge in [-0.05, 0) is 63.6 Å². The van der Waals surface area contributed by atoms with Crippen LogP contribution in [0.5, 0.6) is 23.0 Å². The Morgan fingerprint density at radius 2 is 1.97 bits per heavy atom. The minimum absolute atomic E-state index is 0.0828. The number of methoxy groups -OCH3 is 1. The van der Waals surface area contributed by atoms with Crippen LogP contribution in [-0.2, 0) is 9.53 Å². The molecule has 0 amide bonds. The van der Waals surface area contributed by atoms with Gasteiger partial charge in [0.25, 0.3) is 0 Å². The number of benzene rings is 2. The Bertz CT molecular complexity index is 1010. The lowest BCUT2D eigenvalue weighted by molar-refractivity contribution is -0.147. The van der Waals surface area contributed by atoms with Crippen molar-refractivity contribution in [3.63, 3.8) is 0 Å². The summed E-state index contributed by atoms with van der Waals surface area (Å²) in [6.07, 6.45) is 1.07. The molecule has 0 aliphatic carbocycles. The van der Waals surface area contributed by atoms with Crippen molar-refractivity contribution in [3.8, 4) is 23.0 Å². The molecule has 1 atom stereocenters. The van der Waals surface area contributed by atoms with Gasteiger partial charge in [-0.15, -0.1) is 0 Å². The van der Waals surface area contributed by atoms with E-state index in [9.17, 15) is 19.8 Å². The number of Topliss-reactive ketones (excluding diaryl/α,β-unsaturated/α-hetero) is 1. The Labute approximate surface area is 175 Å². The number of aromatic hydroxyl groups is 2. The minimum atomic E-state index is -0.780. The lowest BCUT2D eigenvalue weighted by Crippen LogP contribution is -2.38. The third-order valence-corrected chi connectivity index (χ3v) is 5.56. The highest BCUT2D eigenvalue weighted by Crippen LogP contribution is 2.48. The van der Waals surface area contributed by atoms with Gasteiger partial charge in [-0.1, -0.05) is 0 Å². The lowest BCUT2D eigenvalue weighted by atomic mass is 9.76. The molecule has 0 radical (unpaired) electrons. The zero-order valence-electron chi connectivity index (χ0n) is 18.0. The Hall–Kier alpha value is -2.96. The highest BCUT2D eigenvalue weighted by molar-refractivity contribution is 6.09. The van der Waals surface area contributed by atoms with E-state index in [4.69, 9.17) is 14.2 Å². The predicted molar refractivity (Wildman–Crippen MR) is 112 cm³/mol. The van der Waals surface area contributed by atoms with Crippen molar-refractivity contribution in [1.82, 2.24) is 0 Å². The predicted octanol–water partition coefficient (Wildman–Crippen LogP) is 4.27. The first-order chi connectivity index (χ1) is 14.1. The fourth-order valence-corrected chi connectivity index (χ4v) is 3.95. The topological polar surface area (TPSA) is 102 Å². The van der Waals surface area contributed by atoms with E-state index in [0.29, 0.717) is 40.5 Å². The molecule has 0 bridgehead atoms. The zero-order valence-corrected chi connectivity index (χ0v) is 18.0. The first kappa shape index (κ1) is 21.7. The second kappa shape index (κ2) is 8.05. The molecule has 7 heteroatoms. The molecule has 2 N–H and O–H groups in total. The van der Waals surface area contributed by atoms with Crippen molar-refractivity contribution in [1.29, 1.82) is 0 Å². The van der Waals surface area contributed by atoms with Crippen molar-refractivity contribution in [3.05, 3.63) is 23.3 Å². The molecule has 3 rings (SSSR count). The number of aryl methyl sites for hydroxylation is 1. The van der Waals surface area contributed by atoms with E-state index in [1.54, 1.807) is 26.8 Å². The summed E-state index contributed by atoms with van der Waals surface area (Å²) in [4.78, 5) is 25.2. The summed E-state index contributed by atoms with van der Waals surface area (Å²) in [7, 11) is 1.39. The molecule has 1 heterocycles. The number of carbonyl (C=O) groups excluding carboxylic acids is 2. The largest absolute Gasteiger partial charge is 0.504 e. The second-order valence-electron chi connectivity index (χ2n) is 8.32. The normalized spacial score (nSPS) is 18.3. The minimum Gasteiger partial charge on any atom is -0.504 e. The molecule has 2 aromatic rings. The van der Waals surface area contributed by atoms with E-state index in [1.165, 1.54) is 13.2 Å². The third kappa shape index (κ3) is 3.76. The maximum Gasteiger partial charge on any atom is 0.306 e. The van der Waals surface area contributed by atoms with E-state index in [0.717, 1.165) is 0 Å². The van der Waals surface area contributed by atoms with Crippen LogP contribution >= 0.6 is 0 Å². The summed E-state index contributed by atoms with van der Waals surface area (Å²) in [5, 5.41) is 21.3. The summed E-state index contributed by atoms with van der Waals surface area (Å²) in [5.74, 6) is -0.466. The van der Waals surface area contributed by atoms with Gasteiger partial charge in [0.15, 0.2) is 17.3 Å². The number of ketones is 1. The summed E-state index contributed by atoms with van der Waals surface area (Å²) in [6, 6.07) is 3.08. The van der Waals surface area contributed by atoms with Gasteiger partial charge in [-0.3, -0.25) is 9.59 Å². The second-order valence-corrected chi connectivity index (χ2v) is 8.32. The molecular formula is C23H28O7. The zero-order chi connectivity index (χ0) is 22.2. The van der Waals surface area contributed by atoms with E-state index in [1.807, 2.05) is 6.92 Å². The average Bonchev–Trinajstić information content (AvgIpc) is 2.67. The van der Waals surface area contributed by atoms with Gasteiger partial charge < -0.3 is 24.4 Å². The van der Waals surface area contributed by atoms with Crippen LogP contribution in [0.25, 0.3) is 10.8 Å². The van der Waals surface area contributed by atoms with Crippen molar-refractivity contribution in [2.24, 2.45) is 5.41 Å². The number of fused-ring (bicyclic) bond motifs is 2. The number of rotatable bonds is 6. The van der Waals surface area contributed by atoms with Gasteiger partial charge >= 0.3 is 5.97 Å². The van der Waals surface area contributed by atoms with E-state index in [2.05, 4.69) is 0 Å². The number of hydrogen-bond donors (Lipinski definition) is 2. The molecule has 1 aliphatic heterocycles. The quantitative estimate of drug-likeness (QED) is 0.535. The maximum atomic E-state index is 13.4. The van der Waals surface area contributed by atoms with Gasteiger partial charge in [-0.25, -0.2) is 0 Å². The molecule has 0 aromatic heterocycles.